The molecule has 1 aromatic rings. The van der Waals surface area contributed by atoms with Crippen molar-refractivity contribution in [2.24, 2.45) is 11.8 Å². The fourth-order valence-corrected chi connectivity index (χ4v) is 6.02. The van der Waals surface area contributed by atoms with Crippen LogP contribution in [0, 0.1) is 11.8 Å². The Balaban J connectivity index is 1.70. The van der Waals surface area contributed by atoms with Crippen LogP contribution >= 0.6 is 11.6 Å². The number of aliphatic hydroxyl groups excluding tert-OH is 1. The van der Waals surface area contributed by atoms with Gasteiger partial charge in [0.25, 0.3) is 5.91 Å². The SMILES string of the molecule is C=CCCOC(=O)[C@@H]1[C@@H]2CCC3(O2)C(C(=O)N(CC=C)c2ccc(Cl)cc2)N(CCCCO)C(=O)[C@H]13. The van der Waals surface area contributed by atoms with Crippen molar-refractivity contribution in [1.82, 2.24) is 4.90 Å². The lowest BCUT2D eigenvalue weighted by Gasteiger charge is -2.36. The van der Waals surface area contributed by atoms with Crippen LogP contribution in [0.1, 0.15) is 32.1 Å². The predicted octanol–water partition coefficient (Wildman–Crippen LogP) is 3.13. The fourth-order valence-electron chi connectivity index (χ4n) is 5.89. The maximum atomic E-state index is 14.2. The minimum Gasteiger partial charge on any atom is -0.465 e. The molecule has 0 aromatic heterocycles. The zero-order valence-electron chi connectivity index (χ0n) is 20.3. The molecule has 2 unspecified atom stereocenters. The Kier molecular flexibility index (Phi) is 8.17. The smallest absolute Gasteiger partial charge is 0.312 e. The lowest BCUT2D eigenvalue weighted by molar-refractivity contribution is -0.155. The molecule has 0 aliphatic carbocycles. The van der Waals surface area contributed by atoms with Gasteiger partial charge in [-0.2, -0.15) is 0 Å². The Morgan fingerprint density at radius 1 is 1.25 bits per heavy atom. The lowest BCUT2D eigenvalue weighted by atomic mass is 9.70. The molecule has 194 valence electrons. The number of benzene rings is 1. The number of carbonyl (C=O) groups excluding carboxylic acids is 3. The number of unbranched alkanes of at least 4 members (excludes halogenated alkanes) is 1. The van der Waals surface area contributed by atoms with Gasteiger partial charge in [-0.1, -0.05) is 23.8 Å². The van der Waals surface area contributed by atoms with Gasteiger partial charge in [0, 0.05) is 30.4 Å². The van der Waals surface area contributed by atoms with Crippen LogP contribution in [0.25, 0.3) is 0 Å². The van der Waals surface area contributed by atoms with Crippen molar-refractivity contribution in [2.45, 2.75) is 49.9 Å². The van der Waals surface area contributed by atoms with E-state index in [2.05, 4.69) is 13.2 Å². The first-order valence-electron chi connectivity index (χ1n) is 12.4. The summed E-state index contributed by atoms with van der Waals surface area (Å²) in [6, 6.07) is 6.00. The fraction of sp³-hybridized carbons (Fsp3) is 0.519. The Hall–Kier alpha value is -2.68. The van der Waals surface area contributed by atoms with Gasteiger partial charge < -0.3 is 24.4 Å². The summed E-state index contributed by atoms with van der Waals surface area (Å²) in [5, 5.41) is 9.84. The molecule has 1 N–H and O–H groups in total. The number of nitrogens with zero attached hydrogens (tertiary/aromatic N) is 2. The molecule has 5 atom stereocenters. The monoisotopic (exact) mass is 516 g/mol. The van der Waals surface area contributed by atoms with Crippen molar-refractivity contribution in [1.29, 1.82) is 0 Å². The maximum absolute atomic E-state index is 14.2. The predicted molar refractivity (Wildman–Crippen MR) is 135 cm³/mol. The number of carbonyl (C=O) groups is 3. The highest BCUT2D eigenvalue weighted by molar-refractivity contribution is 6.30. The summed E-state index contributed by atoms with van der Waals surface area (Å²) < 4.78 is 11.9. The van der Waals surface area contributed by atoms with Gasteiger partial charge in [-0.3, -0.25) is 14.4 Å². The third kappa shape index (κ3) is 4.58. The topological polar surface area (TPSA) is 96.4 Å². The van der Waals surface area contributed by atoms with Gasteiger partial charge in [0.15, 0.2) is 0 Å². The van der Waals surface area contributed by atoms with Crippen molar-refractivity contribution in [3.63, 3.8) is 0 Å². The second-order valence-corrected chi connectivity index (χ2v) is 9.91. The molecule has 2 amide bonds. The van der Waals surface area contributed by atoms with E-state index in [-0.39, 0.29) is 38.1 Å². The van der Waals surface area contributed by atoms with Crippen molar-refractivity contribution < 1.29 is 29.0 Å². The molecule has 9 heteroatoms. The Bertz CT molecular complexity index is 1010. The highest BCUT2D eigenvalue weighted by Gasteiger charge is 2.75. The molecule has 1 spiro atoms. The van der Waals surface area contributed by atoms with E-state index < -0.39 is 35.6 Å². The van der Waals surface area contributed by atoms with Crippen LogP contribution in [-0.2, 0) is 23.9 Å². The van der Waals surface area contributed by atoms with E-state index >= 15 is 0 Å². The number of ether oxygens (including phenoxy) is 2. The number of fused-ring (bicyclic) bond motifs is 1. The number of rotatable bonds is 12. The normalized spacial score (nSPS) is 28.2. The lowest BCUT2D eigenvalue weighted by Crippen LogP contribution is -2.56. The molecule has 0 saturated carbocycles. The highest BCUT2D eigenvalue weighted by Crippen LogP contribution is 2.59. The van der Waals surface area contributed by atoms with Gasteiger partial charge in [-0.05, 0) is 56.4 Å². The molecule has 3 saturated heterocycles. The molecule has 2 bridgehead atoms. The average Bonchev–Trinajstić information content (AvgIpc) is 3.51. The summed E-state index contributed by atoms with van der Waals surface area (Å²) in [6.07, 6.45) is 5.42. The number of hydrogen-bond acceptors (Lipinski definition) is 6. The number of hydrogen-bond donors (Lipinski definition) is 1. The van der Waals surface area contributed by atoms with Crippen LogP contribution in [-0.4, -0.2) is 71.8 Å². The van der Waals surface area contributed by atoms with E-state index in [0.717, 1.165) is 0 Å². The molecule has 3 fully saturated rings. The summed E-state index contributed by atoms with van der Waals surface area (Å²) in [5.74, 6) is -2.57. The summed E-state index contributed by atoms with van der Waals surface area (Å²) in [5.41, 5.74) is -0.480. The molecular formula is C27H33ClN2O6. The first kappa shape index (κ1) is 26.4. The van der Waals surface area contributed by atoms with E-state index in [4.69, 9.17) is 21.1 Å². The molecule has 36 heavy (non-hydrogen) atoms. The Morgan fingerprint density at radius 2 is 2.00 bits per heavy atom. The van der Waals surface area contributed by atoms with E-state index in [1.54, 1.807) is 46.2 Å². The minimum absolute atomic E-state index is 0.0145. The molecule has 1 aromatic carbocycles. The van der Waals surface area contributed by atoms with Crippen LogP contribution in [0.3, 0.4) is 0 Å². The van der Waals surface area contributed by atoms with E-state index in [0.29, 0.717) is 42.8 Å². The third-order valence-electron chi connectivity index (χ3n) is 7.40. The second kappa shape index (κ2) is 11.2. The highest BCUT2D eigenvalue weighted by atomic mass is 35.5. The third-order valence-corrected chi connectivity index (χ3v) is 7.65. The van der Waals surface area contributed by atoms with Crippen LogP contribution in [0.15, 0.2) is 49.6 Å². The molecule has 3 aliphatic rings. The number of amides is 2. The number of aliphatic hydroxyl groups is 1. The first-order chi connectivity index (χ1) is 17.4. The minimum atomic E-state index is -1.11. The van der Waals surface area contributed by atoms with Gasteiger partial charge in [-0.15, -0.1) is 13.2 Å². The average molecular weight is 517 g/mol. The molecule has 3 heterocycles. The molecular weight excluding hydrogens is 484 g/mol. The molecule has 8 nitrogen and oxygen atoms in total. The van der Waals surface area contributed by atoms with Crippen molar-refractivity contribution >= 4 is 35.1 Å². The first-order valence-corrected chi connectivity index (χ1v) is 12.8. The number of esters is 1. The van der Waals surface area contributed by atoms with Gasteiger partial charge in [0.2, 0.25) is 5.91 Å². The van der Waals surface area contributed by atoms with Gasteiger partial charge in [0.05, 0.1) is 24.5 Å². The zero-order valence-corrected chi connectivity index (χ0v) is 21.1. The quantitative estimate of drug-likeness (QED) is 0.260. The van der Waals surface area contributed by atoms with Gasteiger partial charge >= 0.3 is 5.97 Å². The van der Waals surface area contributed by atoms with E-state index in [1.807, 2.05) is 0 Å². The molecule has 3 aliphatic heterocycles. The van der Waals surface area contributed by atoms with Crippen LogP contribution in [0.4, 0.5) is 5.69 Å². The van der Waals surface area contributed by atoms with Crippen LogP contribution < -0.4 is 4.90 Å². The van der Waals surface area contributed by atoms with Gasteiger partial charge in [0.1, 0.15) is 11.6 Å². The van der Waals surface area contributed by atoms with E-state index in [9.17, 15) is 19.5 Å². The van der Waals surface area contributed by atoms with Crippen molar-refractivity contribution in [3.05, 3.63) is 54.6 Å². The van der Waals surface area contributed by atoms with Gasteiger partial charge in [-0.25, -0.2) is 0 Å². The summed E-state index contributed by atoms with van der Waals surface area (Å²) in [6.45, 7) is 8.13. The standard InChI is InChI=1S/C27H33ClN2O6/c1-3-5-17-35-26(34)21-20-12-13-27(36-20)22(21)24(32)30(15-6-7-16-31)23(27)25(33)29(14-4-2)19-10-8-18(28)9-11-19/h3-4,8-11,20-23,31H,1-2,5-7,12-17H2/t20-,21+,22-,23?,27?/m0/s1. The van der Waals surface area contributed by atoms with Crippen molar-refractivity contribution in [2.75, 3.05) is 31.2 Å². The number of halogens is 1. The van der Waals surface area contributed by atoms with Crippen molar-refractivity contribution in [3.8, 4) is 0 Å². The number of likely N-dealkylation sites (tertiary alicyclic amines) is 1. The molecule has 0 radical (unpaired) electrons. The Labute approximate surface area is 216 Å². The second-order valence-electron chi connectivity index (χ2n) is 9.48. The zero-order chi connectivity index (χ0) is 25.9. The largest absolute Gasteiger partial charge is 0.465 e. The van der Waals surface area contributed by atoms with Crippen LogP contribution in [0.5, 0.6) is 0 Å². The number of anilines is 1. The molecule has 4 rings (SSSR count). The summed E-state index contributed by atoms with van der Waals surface area (Å²) >= 11 is 6.06. The van der Waals surface area contributed by atoms with E-state index in [1.165, 1.54) is 0 Å². The Morgan fingerprint density at radius 3 is 2.67 bits per heavy atom. The van der Waals surface area contributed by atoms with Crippen LogP contribution in [0.2, 0.25) is 5.02 Å². The summed E-state index contributed by atoms with van der Waals surface area (Å²) in [7, 11) is 0. The summed E-state index contributed by atoms with van der Waals surface area (Å²) in [4.78, 5) is 44.3. The maximum Gasteiger partial charge on any atom is 0.312 e.